The number of aromatic nitrogens is 3. The lowest BCUT2D eigenvalue weighted by Crippen LogP contribution is -2.37. The number of esters is 1. The molecule has 3 rings (SSSR count). The van der Waals surface area contributed by atoms with Gasteiger partial charge in [-0.25, -0.2) is 15.0 Å². The van der Waals surface area contributed by atoms with E-state index in [1.165, 1.54) is 24.8 Å². The first-order valence-electron chi connectivity index (χ1n) is 7.59. The van der Waals surface area contributed by atoms with Gasteiger partial charge in [0.2, 0.25) is 11.6 Å². The molecule has 0 aromatic carbocycles. The molecule has 25 heavy (non-hydrogen) atoms. The molecule has 0 radical (unpaired) electrons. The Balaban J connectivity index is 1.84. The third kappa shape index (κ3) is 3.65. The van der Waals surface area contributed by atoms with Crippen LogP contribution in [-0.2, 0) is 9.53 Å². The van der Waals surface area contributed by atoms with E-state index >= 15 is 0 Å². The Bertz CT molecular complexity index is 761. The van der Waals surface area contributed by atoms with Gasteiger partial charge in [0.15, 0.2) is 5.13 Å². The number of carbonyl (C=O) groups is 1. The van der Waals surface area contributed by atoms with Gasteiger partial charge in [-0.3, -0.25) is 14.9 Å². The van der Waals surface area contributed by atoms with Crippen molar-refractivity contribution in [3.05, 3.63) is 28.0 Å². The van der Waals surface area contributed by atoms with Crippen molar-refractivity contribution < 1.29 is 14.5 Å². The second kappa shape index (κ2) is 7.38. The van der Waals surface area contributed by atoms with Gasteiger partial charge in [-0.05, 0) is 12.8 Å². The van der Waals surface area contributed by atoms with Crippen molar-refractivity contribution in [1.82, 2.24) is 15.0 Å². The zero-order valence-corrected chi connectivity index (χ0v) is 14.2. The smallest absolute Gasteiger partial charge is 0.353 e. The van der Waals surface area contributed by atoms with Crippen LogP contribution in [0.1, 0.15) is 12.8 Å². The molecule has 1 N–H and O–H groups in total. The van der Waals surface area contributed by atoms with Gasteiger partial charge >= 0.3 is 11.7 Å². The van der Waals surface area contributed by atoms with Crippen molar-refractivity contribution in [3.63, 3.8) is 0 Å². The Morgan fingerprint density at radius 3 is 2.76 bits per heavy atom. The van der Waals surface area contributed by atoms with E-state index in [0.29, 0.717) is 31.1 Å². The molecule has 1 aliphatic heterocycles. The van der Waals surface area contributed by atoms with E-state index in [0.717, 1.165) is 0 Å². The van der Waals surface area contributed by atoms with E-state index in [1.807, 2.05) is 0 Å². The second-order valence-corrected chi connectivity index (χ2v) is 6.29. The topological polar surface area (TPSA) is 123 Å². The maximum absolute atomic E-state index is 11.6. The summed E-state index contributed by atoms with van der Waals surface area (Å²) in [5.74, 6) is -0.0968. The number of hydrogen-bond acceptors (Lipinski definition) is 10. The maximum Gasteiger partial charge on any atom is 0.353 e. The lowest BCUT2D eigenvalue weighted by molar-refractivity contribution is -0.383. The zero-order valence-electron chi connectivity index (χ0n) is 13.4. The number of rotatable bonds is 5. The molecule has 0 unspecified atom stereocenters. The average Bonchev–Trinajstić information content (AvgIpc) is 3.14. The van der Waals surface area contributed by atoms with Crippen LogP contribution in [-0.4, -0.2) is 46.0 Å². The molecule has 10 nitrogen and oxygen atoms in total. The highest BCUT2D eigenvalue weighted by atomic mass is 32.1. The lowest BCUT2D eigenvalue weighted by Gasteiger charge is -2.31. The van der Waals surface area contributed by atoms with E-state index < -0.39 is 4.92 Å². The Hall–Kier alpha value is -2.82. The highest BCUT2D eigenvalue weighted by Gasteiger charge is 2.32. The van der Waals surface area contributed by atoms with Crippen LogP contribution in [0.25, 0.3) is 0 Å². The number of piperidine rings is 1. The Morgan fingerprint density at radius 2 is 2.16 bits per heavy atom. The molecule has 132 valence electrons. The van der Waals surface area contributed by atoms with Crippen molar-refractivity contribution in [2.24, 2.45) is 5.92 Å². The highest BCUT2D eigenvalue weighted by molar-refractivity contribution is 7.13. The van der Waals surface area contributed by atoms with Crippen molar-refractivity contribution in [2.75, 3.05) is 30.4 Å². The fourth-order valence-electron chi connectivity index (χ4n) is 2.74. The maximum atomic E-state index is 11.6. The van der Waals surface area contributed by atoms with Crippen LogP contribution in [0.3, 0.4) is 0 Å². The molecule has 3 heterocycles. The number of hydrogen-bond donors (Lipinski definition) is 1. The minimum absolute atomic E-state index is 0.0973. The first kappa shape index (κ1) is 17.0. The largest absolute Gasteiger partial charge is 0.469 e. The molecule has 1 saturated heterocycles. The Morgan fingerprint density at radius 1 is 1.40 bits per heavy atom. The van der Waals surface area contributed by atoms with Crippen LogP contribution >= 0.6 is 11.3 Å². The van der Waals surface area contributed by atoms with Crippen LogP contribution in [0, 0.1) is 16.0 Å². The summed E-state index contributed by atoms with van der Waals surface area (Å²) >= 11 is 1.32. The molecule has 1 fully saturated rings. The van der Waals surface area contributed by atoms with Gasteiger partial charge in [-0.15, -0.1) is 11.3 Å². The summed E-state index contributed by atoms with van der Waals surface area (Å²) in [5, 5.41) is 16.7. The van der Waals surface area contributed by atoms with Gasteiger partial charge in [0.1, 0.15) is 6.33 Å². The molecule has 0 bridgehead atoms. The van der Waals surface area contributed by atoms with Gasteiger partial charge in [-0.2, -0.15) is 0 Å². The molecule has 0 saturated carbocycles. The summed E-state index contributed by atoms with van der Waals surface area (Å²) in [6, 6.07) is 0. The predicted octanol–water partition coefficient (Wildman–Crippen LogP) is 1.97. The van der Waals surface area contributed by atoms with E-state index in [-0.39, 0.29) is 29.2 Å². The van der Waals surface area contributed by atoms with Crippen LogP contribution < -0.4 is 10.2 Å². The zero-order chi connectivity index (χ0) is 17.8. The summed E-state index contributed by atoms with van der Waals surface area (Å²) < 4.78 is 4.76. The minimum Gasteiger partial charge on any atom is -0.469 e. The van der Waals surface area contributed by atoms with Gasteiger partial charge in [0, 0.05) is 24.7 Å². The van der Waals surface area contributed by atoms with Crippen LogP contribution in [0.2, 0.25) is 0 Å². The van der Waals surface area contributed by atoms with Gasteiger partial charge in [0.05, 0.1) is 18.0 Å². The molecular weight excluding hydrogens is 348 g/mol. The summed E-state index contributed by atoms with van der Waals surface area (Å²) in [7, 11) is 1.36. The summed E-state index contributed by atoms with van der Waals surface area (Å²) in [6.45, 7) is 0.961. The summed E-state index contributed by atoms with van der Waals surface area (Å²) in [6.07, 6.45) is 4.00. The normalized spacial score (nSPS) is 15.0. The number of thiazole rings is 1. The van der Waals surface area contributed by atoms with E-state index in [4.69, 9.17) is 4.74 Å². The van der Waals surface area contributed by atoms with E-state index in [9.17, 15) is 14.9 Å². The standard InChI is InChI=1S/C14H16N6O4S/c1-24-13(21)9-2-5-19(6-3-9)12-10(20(22)23)11(16-8-17-12)18-14-15-4-7-25-14/h4,7-9H,2-3,5-6H2,1H3,(H,15,16,17,18). The van der Waals surface area contributed by atoms with Crippen molar-refractivity contribution in [1.29, 1.82) is 0 Å². The van der Waals surface area contributed by atoms with Crippen LogP contribution in [0.4, 0.5) is 22.5 Å². The predicted molar refractivity (Wildman–Crippen MR) is 91.0 cm³/mol. The van der Waals surface area contributed by atoms with Crippen LogP contribution in [0.15, 0.2) is 17.9 Å². The lowest BCUT2D eigenvalue weighted by atomic mass is 9.97. The number of nitrogens with one attached hydrogen (secondary N) is 1. The SMILES string of the molecule is COC(=O)C1CCN(c2ncnc(Nc3nccs3)c2[N+](=O)[O-])CC1. The van der Waals surface area contributed by atoms with Gasteiger partial charge < -0.3 is 15.0 Å². The molecule has 2 aromatic heterocycles. The number of nitrogens with zero attached hydrogens (tertiary/aromatic N) is 5. The van der Waals surface area contributed by atoms with Crippen molar-refractivity contribution >= 4 is 39.8 Å². The second-order valence-electron chi connectivity index (χ2n) is 5.40. The first-order valence-corrected chi connectivity index (χ1v) is 8.46. The summed E-state index contributed by atoms with van der Waals surface area (Å²) in [4.78, 5) is 36.7. The number of carbonyl (C=O) groups excluding carboxylic acids is 1. The molecule has 11 heteroatoms. The summed E-state index contributed by atoms with van der Waals surface area (Å²) in [5.41, 5.74) is -0.200. The number of nitro groups is 1. The Labute approximate surface area is 147 Å². The van der Waals surface area contributed by atoms with Crippen molar-refractivity contribution in [2.45, 2.75) is 12.8 Å². The Kier molecular flexibility index (Phi) is 5.03. The monoisotopic (exact) mass is 364 g/mol. The molecular formula is C14H16N6O4S. The quantitative estimate of drug-likeness (QED) is 0.481. The van der Waals surface area contributed by atoms with Gasteiger partial charge in [-0.1, -0.05) is 0 Å². The third-order valence-electron chi connectivity index (χ3n) is 3.97. The van der Waals surface area contributed by atoms with Gasteiger partial charge in [0.25, 0.3) is 0 Å². The highest BCUT2D eigenvalue weighted by Crippen LogP contribution is 2.35. The third-order valence-corrected chi connectivity index (χ3v) is 4.66. The fourth-order valence-corrected chi connectivity index (χ4v) is 3.27. The number of methoxy groups -OCH3 is 1. The average molecular weight is 364 g/mol. The molecule has 1 aliphatic rings. The molecule has 0 atom stereocenters. The fraction of sp³-hybridized carbons (Fsp3) is 0.429. The number of ether oxygens (including phenoxy) is 1. The van der Waals surface area contributed by atoms with Crippen molar-refractivity contribution in [3.8, 4) is 0 Å². The molecule has 0 aliphatic carbocycles. The van der Waals surface area contributed by atoms with E-state index in [2.05, 4.69) is 20.3 Å². The molecule has 2 aromatic rings. The molecule has 0 spiro atoms. The minimum atomic E-state index is -0.502. The first-order chi connectivity index (χ1) is 12.1. The molecule has 0 amide bonds. The number of anilines is 3. The van der Waals surface area contributed by atoms with E-state index in [1.54, 1.807) is 16.5 Å². The van der Waals surface area contributed by atoms with Crippen LogP contribution in [0.5, 0.6) is 0 Å².